The van der Waals surface area contributed by atoms with Gasteiger partial charge in [0.05, 0.1) is 12.2 Å². The quantitative estimate of drug-likeness (QED) is 0.653. The van der Waals surface area contributed by atoms with Crippen molar-refractivity contribution in [2.24, 2.45) is 0 Å². The van der Waals surface area contributed by atoms with Crippen molar-refractivity contribution in [3.63, 3.8) is 0 Å². The van der Waals surface area contributed by atoms with Gasteiger partial charge in [0, 0.05) is 26.1 Å². The second kappa shape index (κ2) is 5.86. The van der Waals surface area contributed by atoms with Crippen molar-refractivity contribution in [1.29, 1.82) is 0 Å². The molecule has 1 radical (unpaired) electrons. The van der Waals surface area contributed by atoms with Crippen LogP contribution in [-0.4, -0.2) is 25.9 Å². The smallest absolute Gasteiger partial charge is 0.0662 e. The lowest BCUT2D eigenvalue weighted by Crippen LogP contribution is -2.34. The minimum atomic E-state index is 0.404. The summed E-state index contributed by atoms with van der Waals surface area (Å²) >= 11 is 0. The van der Waals surface area contributed by atoms with E-state index in [2.05, 4.69) is 0 Å². The van der Waals surface area contributed by atoms with Gasteiger partial charge in [-0.05, 0) is 19.3 Å². The fourth-order valence-corrected chi connectivity index (χ4v) is 2.77. The van der Waals surface area contributed by atoms with Crippen molar-refractivity contribution >= 4 is 0 Å². The van der Waals surface area contributed by atoms with Crippen LogP contribution in [-0.2, 0) is 9.47 Å². The van der Waals surface area contributed by atoms with E-state index in [1.807, 2.05) is 7.11 Å². The monoisotopic (exact) mass is 211 g/mol. The topological polar surface area (TPSA) is 18.5 Å². The molecule has 0 N–H and O–H groups in total. The number of hydrogen-bond acceptors (Lipinski definition) is 2. The molecule has 1 saturated heterocycles. The van der Waals surface area contributed by atoms with Crippen molar-refractivity contribution in [3.05, 3.63) is 5.92 Å². The minimum Gasteiger partial charge on any atom is -0.381 e. The molecule has 1 heterocycles. The van der Waals surface area contributed by atoms with Gasteiger partial charge in [-0.3, -0.25) is 0 Å². The van der Waals surface area contributed by atoms with E-state index in [1.165, 1.54) is 38.5 Å². The maximum Gasteiger partial charge on any atom is 0.0662 e. The molecule has 2 rings (SSSR count). The highest BCUT2D eigenvalue weighted by Gasteiger charge is 2.29. The highest BCUT2D eigenvalue weighted by Crippen LogP contribution is 2.33. The molecule has 2 fully saturated rings. The number of rotatable bonds is 2. The van der Waals surface area contributed by atoms with Crippen LogP contribution in [0.1, 0.15) is 51.4 Å². The molecule has 0 bridgehead atoms. The van der Waals surface area contributed by atoms with Gasteiger partial charge in [0.2, 0.25) is 0 Å². The van der Waals surface area contributed by atoms with Crippen LogP contribution in [0, 0.1) is 5.92 Å². The Labute approximate surface area is 93.3 Å². The first kappa shape index (κ1) is 11.4. The van der Waals surface area contributed by atoms with Gasteiger partial charge < -0.3 is 9.47 Å². The highest BCUT2D eigenvalue weighted by molar-refractivity contribution is 5.01. The lowest BCUT2D eigenvalue weighted by atomic mass is 9.88. The molecule has 2 nitrogen and oxygen atoms in total. The van der Waals surface area contributed by atoms with Crippen LogP contribution in [0.2, 0.25) is 0 Å². The van der Waals surface area contributed by atoms with Crippen LogP contribution in [0.3, 0.4) is 0 Å². The first-order chi connectivity index (χ1) is 7.40. The second-order valence-electron chi connectivity index (χ2n) is 4.81. The summed E-state index contributed by atoms with van der Waals surface area (Å²) in [5, 5.41) is 0. The number of methoxy groups -OCH3 is 1. The normalized spacial score (nSPS) is 35.0. The Bertz CT molecular complexity index is 173. The molecule has 2 heteroatoms. The van der Waals surface area contributed by atoms with Gasteiger partial charge in [-0.15, -0.1) is 0 Å². The van der Waals surface area contributed by atoms with Gasteiger partial charge in [0.25, 0.3) is 0 Å². The molecule has 2 atom stereocenters. The molecule has 0 aromatic rings. The molecule has 0 spiro atoms. The Hall–Kier alpha value is -0.0800. The first-order valence-corrected chi connectivity index (χ1v) is 6.39. The zero-order chi connectivity index (χ0) is 10.5. The Kier molecular flexibility index (Phi) is 4.45. The van der Waals surface area contributed by atoms with Crippen LogP contribution >= 0.6 is 0 Å². The molecule has 15 heavy (non-hydrogen) atoms. The van der Waals surface area contributed by atoms with Gasteiger partial charge >= 0.3 is 0 Å². The van der Waals surface area contributed by atoms with Crippen molar-refractivity contribution in [2.45, 2.75) is 63.6 Å². The zero-order valence-electron chi connectivity index (χ0n) is 9.84. The molecular weight excluding hydrogens is 188 g/mol. The van der Waals surface area contributed by atoms with Gasteiger partial charge in [-0.1, -0.05) is 25.7 Å². The third kappa shape index (κ3) is 3.18. The molecule has 0 amide bonds. The van der Waals surface area contributed by atoms with Gasteiger partial charge in [-0.2, -0.15) is 0 Å². The summed E-state index contributed by atoms with van der Waals surface area (Å²) in [5.74, 6) is 1.66. The van der Waals surface area contributed by atoms with Crippen LogP contribution in [0.5, 0.6) is 0 Å². The molecule has 1 saturated carbocycles. The molecular formula is C13H23O2. The fourth-order valence-electron chi connectivity index (χ4n) is 2.77. The Morgan fingerprint density at radius 3 is 2.53 bits per heavy atom. The van der Waals surface area contributed by atoms with Crippen molar-refractivity contribution in [1.82, 2.24) is 0 Å². The first-order valence-electron chi connectivity index (χ1n) is 6.39. The van der Waals surface area contributed by atoms with Crippen molar-refractivity contribution in [3.8, 4) is 0 Å². The third-order valence-electron chi connectivity index (χ3n) is 3.77. The largest absolute Gasteiger partial charge is 0.381 e. The summed E-state index contributed by atoms with van der Waals surface area (Å²) in [5.41, 5.74) is 0. The van der Waals surface area contributed by atoms with E-state index >= 15 is 0 Å². The maximum atomic E-state index is 5.89. The minimum absolute atomic E-state index is 0.404. The predicted molar refractivity (Wildman–Crippen MR) is 60.7 cm³/mol. The summed E-state index contributed by atoms with van der Waals surface area (Å²) in [7, 11) is 1.82. The van der Waals surface area contributed by atoms with E-state index in [9.17, 15) is 0 Å². The molecule has 0 aromatic carbocycles. The zero-order valence-corrected chi connectivity index (χ0v) is 9.84. The molecule has 2 aliphatic rings. The number of hydrogen-bond donors (Lipinski definition) is 0. The average molecular weight is 211 g/mol. The molecule has 1 aliphatic carbocycles. The van der Waals surface area contributed by atoms with Crippen molar-refractivity contribution in [2.75, 3.05) is 13.7 Å². The second-order valence-corrected chi connectivity index (χ2v) is 4.81. The number of ether oxygens (including phenoxy) is 2. The SMILES string of the molecule is COC1CCOC([C]2CCCCCC2)C1. The molecule has 0 aromatic heterocycles. The molecule has 1 aliphatic heterocycles. The lowest BCUT2D eigenvalue weighted by molar-refractivity contribution is -0.0545. The summed E-state index contributed by atoms with van der Waals surface area (Å²) in [6.07, 6.45) is 11.1. The van der Waals surface area contributed by atoms with E-state index in [0.29, 0.717) is 12.2 Å². The van der Waals surface area contributed by atoms with Crippen LogP contribution < -0.4 is 0 Å². The Balaban J connectivity index is 1.84. The van der Waals surface area contributed by atoms with Crippen LogP contribution in [0.15, 0.2) is 0 Å². The highest BCUT2D eigenvalue weighted by atomic mass is 16.5. The van der Waals surface area contributed by atoms with Gasteiger partial charge in [-0.25, -0.2) is 0 Å². The van der Waals surface area contributed by atoms with E-state index < -0.39 is 0 Å². The van der Waals surface area contributed by atoms with Crippen LogP contribution in [0.4, 0.5) is 0 Å². The maximum absolute atomic E-state index is 5.89. The fraction of sp³-hybridized carbons (Fsp3) is 0.923. The molecule has 87 valence electrons. The van der Waals surface area contributed by atoms with E-state index in [4.69, 9.17) is 9.47 Å². The van der Waals surface area contributed by atoms with E-state index in [0.717, 1.165) is 19.4 Å². The summed E-state index contributed by atoms with van der Waals surface area (Å²) in [6, 6.07) is 0. The Morgan fingerprint density at radius 2 is 1.87 bits per heavy atom. The molecule has 2 unspecified atom stereocenters. The van der Waals surface area contributed by atoms with Gasteiger partial charge in [0.1, 0.15) is 0 Å². The van der Waals surface area contributed by atoms with Crippen molar-refractivity contribution < 1.29 is 9.47 Å². The summed E-state index contributed by atoms with van der Waals surface area (Å²) in [4.78, 5) is 0. The summed E-state index contributed by atoms with van der Waals surface area (Å²) in [6.45, 7) is 0.882. The predicted octanol–water partition coefficient (Wildman–Crippen LogP) is 3.11. The summed E-state index contributed by atoms with van der Waals surface area (Å²) < 4.78 is 11.3. The lowest BCUT2D eigenvalue weighted by Gasteiger charge is -2.33. The van der Waals surface area contributed by atoms with Gasteiger partial charge in [0.15, 0.2) is 0 Å². The third-order valence-corrected chi connectivity index (χ3v) is 3.77. The van der Waals surface area contributed by atoms with Crippen LogP contribution in [0.25, 0.3) is 0 Å². The van der Waals surface area contributed by atoms with E-state index in [-0.39, 0.29) is 0 Å². The standard InChI is InChI=1S/C13H23O2/c1-14-12-8-9-15-13(10-12)11-6-4-2-3-5-7-11/h12-13H,2-10H2,1H3. The average Bonchev–Trinajstić information content (AvgIpc) is 2.58. The van der Waals surface area contributed by atoms with E-state index in [1.54, 1.807) is 5.92 Å². The Morgan fingerprint density at radius 1 is 1.13 bits per heavy atom.